The molecule has 4 aromatic carbocycles. The Morgan fingerprint density at radius 2 is 1.08 bits per heavy atom. The minimum atomic E-state index is -1.17. The lowest BCUT2D eigenvalue weighted by molar-refractivity contribution is -0.128. The number of carbonyl (C=O) groups excluding carboxylic acids is 4. The number of ketones is 3. The van der Waals surface area contributed by atoms with Gasteiger partial charge in [-0.05, 0) is 95.3 Å². The summed E-state index contributed by atoms with van der Waals surface area (Å²) in [6.45, 7) is 1.93. The molecule has 0 aliphatic heterocycles. The standard InChI is InChI=1S/C48H50O11/c1-30(9-10-31-14-20-40(53-2)44(24-31)57-6)47(38(51)19-13-32-11-16-34(29-49)43(23-32)56-5)48(35-17-22-42(55-4)46(26-35)59-8)27-36(39(52)28-48)37(50)18-12-33-15-21-41(54-3)45(25-33)58-7/h9-26,29-30,36,47H,27-28H2,1-8H3/b10-9+,18-12+,19-13+. The first kappa shape index (κ1) is 43.5. The number of methoxy groups -OCH3 is 7. The Balaban J connectivity index is 1.64. The van der Waals surface area contributed by atoms with E-state index in [0.717, 1.165) is 5.56 Å². The van der Waals surface area contributed by atoms with Crippen LogP contribution in [0.1, 0.15) is 52.4 Å². The Morgan fingerprint density at radius 1 is 0.610 bits per heavy atom. The first-order valence-electron chi connectivity index (χ1n) is 18.9. The zero-order chi connectivity index (χ0) is 42.7. The van der Waals surface area contributed by atoms with Gasteiger partial charge in [-0.15, -0.1) is 0 Å². The fourth-order valence-electron chi connectivity index (χ4n) is 7.85. The van der Waals surface area contributed by atoms with Gasteiger partial charge in [-0.25, -0.2) is 0 Å². The van der Waals surface area contributed by atoms with E-state index in [1.807, 2.05) is 37.3 Å². The molecule has 308 valence electrons. The van der Waals surface area contributed by atoms with Gasteiger partial charge in [-0.1, -0.05) is 55.5 Å². The summed E-state index contributed by atoms with van der Waals surface area (Å²) in [5.74, 6) is 0.0703. The Labute approximate surface area is 345 Å². The summed E-state index contributed by atoms with van der Waals surface area (Å²) in [5, 5.41) is 0. The molecule has 4 aromatic rings. The van der Waals surface area contributed by atoms with Crippen LogP contribution >= 0.6 is 0 Å². The largest absolute Gasteiger partial charge is 0.496 e. The minimum Gasteiger partial charge on any atom is -0.496 e. The fraction of sp³-hybridized carbons (Fsp3) is 0.292. The summed E-state index contributed by atoms with van der Waals surface area (Å²) in [4.78, 5) is 54.9. The molecule has 0 heterocycles. The molecule has 0 N–H and O–H groups in total. The third-order valence-corrected chi connectivity index (χ3v) is 10.8. The molecule has 0 aromatic heterocycles. The van der Waals surface area contributed by atoms with Crippen molar-refractivity contribution >= 4 is 41.9 Å². The van der Waals surface area contributed by atoms with Crippen LogP contribution in [-0.4, -0.2) is 73.4 Å². The van der Waals surface area contributed by atoms with Gasteiger partial charge in [-0.3, -0.25) is 19.2 Å². The monoisotopic (exact) mass is 802 g/mol. The van der Waals surface area contributed by atoms with Gasteiger partial charge in [0.25, 0.3) is 0 Å². The van der Waals surface area contributed by atoms with E-state index in [-0.39, 0.29) is 30.2 Å². The number of ether oxygens (including phenoxy) is 7. The van der Waals surface area contributed by atoms with E-state index < -0.39 is 23.2 Å². The van der Waals surface area contributed by atoms with Crippen molar-refractivity contribution in [2.45, 2.75) is 25.2 Å². The molecule has 1 aliphatic carbocycles. The first-order valence-corrected chi connectivity index (χ1v) is 18.9. The highest BCUT2D eigenvalue weighted by Gasteiger charge is 2.55. The van der Waals surface area contributed by atoms with Crippen LogP contribution < -0.4 is 33.2 Å². The Hall–Kier alpha value is -6.62. The average Bonchev–Trinajstić information content (AvgIpc) is 3.62. The Bertz CT molecular complexity index is 2270. The molecule has 0 saturated heterocycles. The van der Waals surface area contributed by atoms with Crippen LogP contribution in [0, 0.1) is 17.8 Å². The molecular weight excluding hydrogens is 753 g/mol. The summed E-state index contributed by atoms with van der Waals surface area (Å²) in [6.07, 6.45) is 10.7. The van der Waals surface area contributed by atoms with E-state index >= 15 is 0 Å². The van der Waals surface area contributed by atoms with E-state index in [0.29, 0.717) is 68.8 Å². The van der Waals surface area contributed by atoms with Crippen molar-refractivity contribution in [1.82, 2.24) is 0 Å². The molecule has 4 unspecified atom stereocenters. The molecular formula is C48H50O11. The van der Waals surface area contributed by atoms with E-state index in [2.05, 4.69) is 0 Å². The van der Waals surface area contributed by atoms with Crippen molar-refractivity contribution in [3.05, 3.63) is 119 Å². The molecule has 0 radical (unpaired) electrons. The SMILES string of the molecule is COc1cc(/C=C/C(=O)C(C(C)/C=C/c2ccc(OC)c(OC)c2)C2(c3ccc(OC)c(OC)c3)CC(=O)C(C(=O)/C=C/c3ccc(OC)c(OC)c3)C2)ccc1C=O. The van der Waals surface area contributed by atoms with E-state index in [1.165, 1.54) is 47.7 Å². The van der Waals surface area contributed by atoms with Crippen molar-refractivity contribution < 1.29 is 52.3 Å². The van der Waals surface area contributed by atoms with Crippen LogP contribution in [0.5, 0.6) is 40.2 Å². The lowest BCUT2D eigenvalue weighted by Crippen LogP contribution is -2.41. The van der Waals surface area contributed by atoms with Crippen molar-refractivity contribution in [2.75, 3.05) is 49.8 Å². The molecule has 1 saturated carbocycles. The molecule has 5 rings (SSSR count). The van der Waals surface area contributed by atoms with Crippen LogP contribution in [0.25, 0.3) is 18.2 Å². The normalized spacial score (nSPS) is 17.5. The number of hydrogen-bond acceptors (Lipinski definition) is 11. The molecule has 0 amide bonds. The quantitative estimate of drug-likeness (QED) is 0.0515. The van der Waals surface area contributed by atoms with Crippen LogP contribution in [-0.2, 0) is 19.8 Å². The van der Waals surface area contributed by atoms with Crippen LogP contribution in [0.2, 0.25) is 0 Å². The highest BCUT2D eigenvalue weighted by molar-refractivity contribution is 6.11. The topological polar surface area (TPSA) is 133 Å². The molecule has 4 atom stereocenters. The summed E-state index contributed by atoms with van der Waals surface area (Å²) in [7, 11) is 10.7. The van der Waals surface area contributed by atoms with Crippen LogP contribution in [0.4, 0.5) is 0 Å². The van der Waals surface area contributed by atoms with Gasteiger partial charge in [-0.2, -0.15) is 0 Å². The van der Waals surface area contributed by atoms with Gasteiger partial charge < -0.3 is 33.2 Å². The smallest absolute Gasteiger partial charge is 0.166 e. The second kappa shape index (κ2) is 19.7. The fourth-order valence-corrected chi connectivity index (χ4v) is 7.85. The zero-order valence-electron chi connectivity index (χ0n) is 34.6. The number of carbonyl (C=O) groups is 4. The Morgan fingerprint density at radius 3 is 1.63 bits per heavy atom. The predicted octanol–water partition coefficient (Wildman–Crippen LogP) is 8.31. The second-order valence-electron chi connectivity index (χ2n) is 14.1. The number of hydrogen-bond donors (Lipinski definition) is 0. The van der Waals surface area contributed by atoms with Gasteiger partial charge >= 0.3 is 0 Å². The molecule has 0 bridgehead atoms. The maximum absolute atomic E-state index is 14.9. The minimum absolute atomic E-state index is 0.0526. The molecule has 59 heavy (non-hydrogen) atoms. The first-order chi connectivity index (χ1) is 28.5. The maximum atomic E-state index is 14.9. The maximum Gasteiger partial charge on any atom is 0.166 e. The van der Waals surface area contributed by atoms with Crippen molar-refractivity contribution in [3.63, 3.8) is 0 Å². The lowest BCUT2D eigenvalue weighted by Gasteiger charge is -2.39. The second-order valence-corrected chi connectivity index (χ2v) is 14.1. The Kier molecular flexibility index (Phi) is 14.5. The summed E-state index contributed by atoms with van der Waals surface area (Å²) >= 11 is 0. The molecule has 0 spiro atoms. The molecule has 1 fully saturated rings. The third kappa shape index (κ3) is 9.58. The number of benzene rings is 4. The van der Waals surface area contributed by atoms with Gasteiger partial charge in [0.2, 0.25) is 0 Å². The van der Waals surface area contributed by atoms with Crippen LogP contribution in [0.15, 0.2) is 91.0 Å². The number of rotatable bonds is 19. The molecule has 1 aliphatic rings. The van der Waals surface area contributed by atoms with Crippen molar-refractivity contribution in [2.24, 2.45) is 17.8 Å². The highest BCUT2D eigenvalue weighted by atomic mass is 16.5. The van der Waals surface area contributed by atoms with Crippen molar-refractivity contribution in [3.8, 4) is 40.2 Å². The zero-order valence-corrected chi connectivity index (χ0v) is 34.6. The van der Waals surface area contributed by atoms with Gasteiger partial charge in [0.1, 0.15) is 11.5 Å². The number of allylic oxidation sites excluding steroid dienone is 3. The van der Waals surface area contributed by atoms with E-state index in [1.54, 1.807) is 81.0 Å². The number of aldehydes is 1. The van der Waals surface area contributed by atoms with E-state index in [9.17, 15) is 19.2 Å². The molecule has 11 nitrogen and oxygen atoms in total. The van der Waals surface area contributed by atoms with E-state index in [4.69, 9.17) is 33.2 Å². The highest BCUT2D eigenvalue weighted by Crippen LogP contribution is 2.52. The average molecular weight is 803 g/mol. The number of Topliss-reactive ketones (excluding diaryl/α,β-unsaturated/α-hetero) is 1. The lowest BCUT2D eigenvalue weighted by atomic mass is 9.62. The molecule has 11 heteroatoms. The summed E-state index contributed by atoms with van der Waals surface area (Å²) in [6, 6.07) is 21.1. The van der Waals surface area contributed by atoms with Gasteiger partial charge in [0.05, 0.1) is 61.2 Å². The van der Waals surface area contributed by atoms with Gasteiger partial charge in [0.15, 0.2) is 52.3 Å². The third-order valence-electron chi connectivity index (χ3n) is 10.8. The predicted molar refractivity (Wildman–Crippen MR) is 226 cm³/mol. The van der Waals surface area contributed by atoms with Gasteiger partial charge in [0, 0.05) is 17.8 Å². The van der Waals surface area contributed by atoms with Crippen LogP contribution in [0.3, 0.4) is 0 Å². The summed E-state index contributed by atoms with van der Waals surface area (Å²) in [5.41, 5.74) is 1.96. The summed E-state index contributed by atoms with van der Waals surface area (Å²) < 4.78 is 38.4. The van der Waals surface area contributed by atoms with Crippen molar-refractivity contribution in [1.29, 1.82) is 0 Å².